The maximum atomic E-state index is 10.1. The molecule has 0 amide bonds. The number of benzene rings is 1. The van der Waals surface area contributed by atoms with Gasteiger partial charge >= 0.3 is 0 Å². The molecule has 0 aliphatic carbocycles. The highest BCUT2D eigenvalue weighted by molar-refractivity contribution is 5.86. The standard InChI is InChI=1S/C16H22N2O/c1-2-18-14(12-17-9-4-3-5-10-17)11-13-7-6-8-15(19)16(13)18/h6-8,11,19H,2-5,9-10,12H2,1H3. The maximum absolute atomic E-state index is 10.1. The van der Waals surface area contributed by atoms with Crippen molar-refractivity contribution in [3.8, 4) is 5.75 Å². The molecule has 0 spiro atoms. The van der Waals surface area contributed by atoms with Gasteiger partial charge < -0.3 is 9.67 Å². The number of nitrogens with zero attached hydrogens (tertiary/aromatic N) is 2. The van der Waals surface area contributed by atoms with Gasteiger partial charge in [0, 0.05) is 24.2 Å². The number of likely N-dealkylation sites (tertiary alicyclic amines) is 1. The van der Waals surface area contributed by atoms with E-state index in [1.54, 1.807) is 6.07 Å². The Morgan fingerprint density at radius 2 is 1.95 bits per heavy atom. The zero-order chi connectivity index (χ0) is 13.2. The molecule has 1 aromatic carbocycles. The summed E-state index contributed by atoms with van der Waals surface area (Å²) in [6, 6.07) is 8.01. The molecular formula is C16H22N2O. The van der Waals surface area contributed by atoms with Crippen LogP contribution in [-0.2, 0) is 13.1 Å². The summed E-state index contributed by atoms with van der Waals surface area (Å²) in [6.07, 6.45) is 4.00. The summed E-state index contributed by atoms with van der Waals surface area (Å²) in [5.74, 6) is 0.393. The largest absolute Gasteiger partial charge is 0.506 e. The normalized spacial score (nSPS) is 17.1. The highest BCUT2D eigenvalue weighted by Gasteiger charge is 2.15. The molecule has 0 bridgehead atoms. The number of rotatable bonds is 3. The molecule has 2 heterocycles. The Morgan fingerprint density at radius 3 is 2.68 bits per heavy atom. The topological polar surface area (TPSA) is 28.4 Å². The lowest BCUT2D eigenvalue weighted by molar-refractivity contribution is 0.216. The number of hydrogen-bond acceptors (Lipinski definition) is 2. The van der Waals surface area contributed by atoms with Crippen LogP contribution >= 0.6 is 0 Å². The van der Waals surface area contributed by atoms with E-state index in [0.29, 0.717) is 5.75 Å². The van der Waals surface area contributed by atoms with Gasteiger partial charge in [0.1, 0.15) is 5.75 Å². The van der Waals surface area contributed by atoms with Gasteiger partial charge in [0.05, 0.1) is 5.52 Å². The highest BCUT2D eigenvalue weighted by Crippen LogP contribution is 2.29. The molecule has 1 fully saturated rings. The van der Waals surface area contributed by atoms with Gasteiger partial charge in [-0.15, -0.1) is 0 Å². The van der Waals surface area contributed by atoms with Crippen LogP contribution in [0.4, 0.5) is 0 Å². The minimum Gasteiger partial charge on any atom is -0.506 e. The number of aromatic nitrogens is 1. The Balaban J connectivity index is 1.96. The van der Waals surface area contributed by atoms with Crippen molar-refractivity contribution in [1.29, 1.82) is 0 Å². The first-order valence-corrected chi connectivity index (χ1v) is 7.32. The summed E-state index contributed by atoms with van der Waals surface area (Å²) in [4.78, 5) is 2.53. The molecule has 1 N–H and O–H groups in total. The lowest BCUT2D eigenvalue weighted by Gasteiger charge is -2.26. The van der Waals surface area contributed by atoms with Crippen molar-refractivity contribution in [2.24, 2.45) is 0 Å². The SMILES string of the molecule is CCn1c(CN2CCCCC2)cc2cccc(O)c21. The fraction of sp³-hybridized carbons (Fsp3) is 0.500. The Labute approximate surface area is 114 Å². The lowest BCUT2D eigenvalue weighted by atomic mass is 10.1. The minimum absolute atomic E-state index is 0.393. The predicted octanol–water partition coefficient (Wildman–Crippen LogP) is 3.35. The molecule has 0 atom stereocenters. The van der Waals surface area contributed by atoms with Crippen LogP contribution in [0.5, 0.6) is 5.75 Å². The van der Waals surface area contributed by atoms with Crippen LogP contribution in [0.2, 0.25) is 0 Å². The predicted molar refractivity (Wildman–Crippen MR) is 78.4 cm³/mol. The van der Waals surface area contributed by atoms with Crippen molar-refractivity contribution in [1.82, 2.24) is 9.47 Å². The van der Waals surface area contributed by atoms with Crippen molar-refractivity contribution in [3.63, 3.8) is 0 Å². The van der Waals surface area contributed by atoms with Gasteiger partial charge in [-0.1, -0.05) is 18.6 Å². The van der Waals surface area contributed by atoms with Crippen LogP contribution in [0, 0.1) is 0 Å². The average Bonchev–Trinajstić information content (AvgIpc) is 2.78. The molecule has 2 aromatic rings. The first kappa shape index (κ1) is 12.5. The van der Waals surface area contributed by atoms with Crippen molar-refractivity contribution in [2.45, 2.75) is 39.3 Å². The molecule has 3 heteroatoms. The summed E-state index contributed by atoms with van der Waals surface area (Å²) >= 11 is 0. The zero-order valence-corrected chi connectivity index (χ0v) is 11.6. The van der Waals surface area contributed by atoms with Crippen molar-refractivity contribution in [2.75, 3.05) is 13.1 Å². The van der Waals surface area contributed by atoms with Crippen LogP contribution in [0.15, 0.2) is 24.3 Å². The summed E-state index contributed by atoms with van der Waals surface area (Å²) in [5.41, 5.74) is 2.30. The first-order chi connectivity index (χ1) is 9.29. The van der Waals surface area contributed by atoms with Crippen LogP contribution in [0.25, 0.3) is 10.9 Å². The lowest BCUT2D eigenvalue weighted by Crippen LogP contribution is -2.29. The molecule has 102 valence electrons. The fourth-order valence-electron chi connectivity index (χ4n) is 3.20. The number of para-hydroxylation sites is 1. The van der Waals surface area contributed by atoms with Crippen LogP contribution < -0.4 is 0 Å². The molecule has 19 heavy (non-hydrogen) atoms. The average molecular weight is 258 g/mol. The fourth-order valence-corrected chi connectivity index (χ4v) is 3.20. The van der Waals surface area contributed by atoms with E-state index in [-0.39, 0.29) is 0 Å². The van der Waals surface area contributed by atoms with Gasteiger partial charge in [-0.2, -0.15) is 0 Å². The van der Waals surface area contributed by atoms with Crippen molar-refractivity contribution >= 4 is 10.9 Å². The van der Waals surface area contributed by atoms with Gasteiger partial charge in [-0.3, -0.25) is 4.90 Å². The van der Waals surface area contributed by atoms with Crippen LogP contribution in [-0.4, -0.2) is 27.7 Å². The summed E-state index contributed by atoms with van der Waals surface area (Å²) < 4.78 is 2.25. The molecule has 1 aromatic heterocycles. The summed E-state index contributed by atoms with van der Waals surface area (Å²) in [7, 11) is 0. The third-order valence-corrected chi connectivity index (χ3v) is 4.14. The Kier molecular flexibility index (Phi) is 3.47. The Hall–Kier alpha value is -1.48. The van der Waals surface area contributed by atoms with Gasteiger partial charge in [0.2, 0.25) is 0 Å². The molecule has 3 rings (SSSR count). The second kappa shape index (κ2) is 5.25. The molecule has 1 aliphatic heterocycles. The quantitative estimate of drug-likeness (QED) is 0.914. The summed E-state index contributed by atoms with van der Waals surface area (Å²) in [6.45, 7) is 6.46. The van der Waals surface area contributed by atoms with E-state index in [4.69, 9.17) is 0 Å². The Bertz CT molecular complexity index is 567. The molecule has 3 nitrogen and oxygen atoms in total. The highest BCUT2D eigenvalue weighted by atomic mass is 16.3. The molecule has 1 saturated heterocycles. The maximum Gasteiger partial charge on any atom is 0.139 e. The van der Waals surface area contributed by atoms with Gasteiger partial charge in [0.25, 0.3) is 0 Å². The second-order valence-electron chi connectivity index (χ2n) is 5.43. The molecule has 1 aliphatic rings. The van der Waals surface area contributed by atoms with Crippen molar-refractivity contribution < 1.29 is 5.11 Å². The number of phenols is 1. The molecule has 0 saturated carbocycles. The van der Waals surface area contributed by atoms with E-state index in [1.807, 2.05) is 6.07 Å². The van der Waals surface area contributed by atoms with E-state index in [9.17, 15) is 5.11 Å². The van der Waals surface area contributed by atoms with Crippen LogP contribution in [0.1, 0.15) is 31.9 Å². The smallest absolute Gasteiger partial charge is 0.139 e. The molecular weight excluding hydrogens is 236 g/mol. The third-order valence-electron chi connectivity index (χ3n) is 4.14. The van der Waals surface area contributed by atoms with E-state index in [0.717, 1.165) is 24.0 Å². The first-order valence-electron chi connectivity index (χ1n) is 7.32. The third kappa shape index (κ3) is 2.35. The minimum atomic E-state index is 0.393. The monoisotopic (exact) mass is 258 g/mol. The number of hydrogen-bond donors (Lipinski definition) is 1. The van der Waals surface area contributed by atoms with Gasteiger partial charge in [-0.25, -0.2) is 0 Å². The molecule has 0 radical (unpaired) electrons. The molecule has 0 unspecified atom stereocenters. The zero-order valence-electron chi connectivity index (χ0n) is 11.6. The number of aromatic hydroxyl groups is 1. The van der Waals surface area contributed by atoms with Crippen molar-refractivity contribution in [3.05, 3.63) is 30.0 Å². The van der Waals surface area contributed by atoms with E-state index in [1.165, 1.54) is 38.0 Å². The van der Waals surface area contributed by atoms with Crippen LogP contribution in [0.3, 0.4) is 0 Å². The Morgan fingerprint density at radius 1 is 1.16 bits per heavy atom. The van der Waals surface area contributed by atoms with E-state index in [2.05, 4.69) is 28.5 Å². The number of piperidine rings is 1. The number of fused-ring (bicyclic) bond motifs is 1. The summed E-state index contributed by atoms with van der Waals surface area (Å²) in [5, 5.41) is 11.2. The van der Waals surface area contributed by atoms with Gasteiger partial charge in [-0.05, 0) is 45.0 Å². The van der Waals surface area contributed by atoms with Gasteiger partial charge in [0.15, 0.2) is 0 Å². The van der Waals surface area contributed by atoms with E-state index >= 15 is 0 Å². The van der Waals surface area contributed by atoms with E-state index < -0.39 is 0 Å². The number of phenolic OH excluding ortho intramolecular Hbond substituents is 1. The second-order valence-corrected chi connectivity index (χ2v) is 5.43. The number of aryl methyl sites for hydroxylation is 1.